The molecule has 1 atom stereocenters. The number of amidine groups is 1. The molecule has 4 nitrogen and oxygen atoms in total. The van der Waals surface area contributed by atoms with Gasteiger partial charge in [0.1, 0.15) is 11.5 Å². The van der Waals surface area contributed by atoms with Gasteiger partial charge in [0.15, 0.2) is 5.84 Å². The molecular weight excluding hydrogens is 502 g/mol. The van der Waals surface area contributed by atoms with E-state index in [0.717, 1.165) is 56.1 Å². The van der Waals surface area contributed by atoms with Gasteiger partial charge >= 0.3 is 0 Å². The lowest BCUT2D eigenvalue weighted by Crippen LogP contribution is -2.53. The van der Waals surface area contributed by atoms with E-state index in [0.29, 0.717) is 12.0 Å². The van der Waals surface area contributed by atoms with Gasteiger partial charge in [-0.1, -0.05) is 44.2 Å². The molecule has 2 aliphatic heterocycles. The fourth-order valence-electron chi connectivity index (χ4n) is 4.68. The lowest BCUT2D eigenvalue weighted by molar-refractivity contribution is 0.134. The summed E-state index contributed by atoms with van der Waals surface area (Å²) in [6, 6.07) is 15.8. The Balaban J connectivity index is 0.00000171. The highest BCUT2D eigenvalue weighted by Gasteiger charge is 2.31. The Morgan fingerprint density at radius 1 is 1.06 bits per heavy atom. The molecule has 2 aromatic carbocycles. The van der Waals surface area contributed by atoms with Crippen LogP contribution in [0.3, 0.4) is 0 Å². The molecule has 1 saturated heterocycles. The van der Waals surface area contributed by atoms with Crippen LogP contribution in [0.5, 0.6) is 0 Å². The predicted octanol–water partition coefficient (Wildman–Crippen LogP) is 6.48. The van der Waals surface area contributed by atoms with Crippen molar-refractivity contribution in [2.45, 2.75) is 45.1 Å². The number of aromatic nitrogens is 1. The largest absolute Gasteiger partial charge is 0.352 e. The summed E-state index contributed by atoms with van der Waals surface area (Å²) in [5, 5.41) is 1.19. The lowest BCUT2D eigenvalue weighted by atomic mass is 10.0. The van der Waals surface area contributed by atoms with Crippen molar-refractivity contribution in [1.29, 1.82) is 0 Å². The number of aryl methyl sites for hydroxylation is 1. The minimum absolute atomic E-state index is 0. The van der Waals surface area contributed by atoms with Gasteiger partial charge in [-0.2, -0.15) is 0 Å². The van der Waals surface area contributed by atoms with Crippen molar-refractivity contribution < 1.29 is 4.39 Å². The Hall–Kier alpha value is -1.99. The van der Waals surface area contributed by atoms with Crippen molar-refractivity contribution >= 4 is 47.7 Å². The summed E-state index contributed by atoms with van der Waals surface area (Å²) in [5.41, 5.74) is 4.59. The number of rotatable bonds is 4. The highest BCUT2D eigenvalue weighted by atomic mass is 35.5. The second-order valence-corrected chi connectivity index (χ2v) is 10.6. The molecule has 35 heavy (non-hydrogen) atoms. The molecule has 0 spiro atoms. The first-order valence-electron chi connectivity index (χ1n) is 11.8. The van der Waals surface area contributed by atoms with E-state index in [1.165, 1.54) is 21.0 Å². The van der Waals surface area contributed by atoms with E-state index in [2.05, 4.69) is 55.0 Å². The predicted molar refractivity (Wildman–Crippen MR) is 149 cm³/mol. The second kappa shape index (κ2) is 11.8. The Morgan fingerprint density at radius 2 is 1.80 bits per heavy atom. The van der Waals surface area contributed by atoms with Crippen molar-refractivity contribution in [2.24, 2.45) is 4.99 Å². The van der Waals surface area contributed by atoms with Gasteiger partial charge in [-0.3, -0.25) is 4.90 Å². The van der Waals surface area contributed by atoms with Crippen LogP contribution in [0, 0.1) is 5.82 Å². The number of para-hydroxylation sites is 1. The Morgan fingerprint density at radius 3 is 2.54 bits per heavy atom. The minimum atomic E-state index is -0.175. The molecular formula is C27H33Cl2FN4S. The van der Waals surface area contributed by atoms with Crippen molar-refractivity contribution in [3.8, 4) is 0 Å². The van der Waals surface area contributed by atoms with Crippen LogP contribution in [-0.4, -0.2) is 53.3 Å². The van der Waals surface area contributed by atoms with Gasteiger partial charge in [-0.15, -0.1) is 36.2 Å². The topological polar surface area (TPSA) is 31.7 Å². The van der Waals surface area contributed by atoms with Crippen LogP contribution in [0.2, 0.25) is 0 Å². The van der Waals surface area contributed by atoms with E-state index in [9.17, 15) is 4.39 Å². The van der Waals surface area contributed by atoms with Crippen LogP contribution >= 0.6 is 36.2 Å². The number of benzene rings is 2. The molecule has 0 bridgehead atoms. The highest BCUT2D eigenvalue weighted by molar-refractivity contribution is 7.12. The summed E-state index contributed by atoms with van der Waals surface area (Å²) in [7, 11) is 2.21. The van der Waals surface area contributed by atoms with Crippen molar-refractivity contribution in [1.82, 2.24) is 14.8 Å². The summed E-state index contributed by atoms with van der Waals surface area (Å²) in [4.78, 5) is 16.5. The smallest absolute Gasteiger partial charge is 0.156 e. The zero-order valence-electron chi connectivity index (χ0n) is 20.4. The van der Waals surface area contributed by atoms with Gasteiger partial charge in [0.05, 0.1) is 10.7 Å². The number of likely N-dealkylation sites (N-methyl/N-ethyl adjacent to an activating group) is 1. The lowest BCUT2D eigenvalue weighted by Gasteiger charge is -2.40. The summed E-state index contributed by atoms with van der Waals surface area (Å²) >= 11 is 1.84. The van der Waals surface area contributed by atoms with Crippen LogP contribution in [0.1, 0.15) is 52.9 Å². The number of piperazine rings is 1. The number of hydrogen-bond acceptors (Lipinski definition) is 5. The third kappa shape index (κ3) is 6.05. The van der Waals surface area contributed by atoms with Gasteiger partial charge in [0, 0.05) is 42.9 Å². The van der Waals surface area contributed by atoms with Crippen LogP contribution < -0.4 is 0 Å². The van der Waals surface area contributed by atoms with E-state index >= 15 is 0 Å². The fraction of sp³-hybridized carbons (Fsp3) is 0.407. The quantitative estimate of drug-likeness (QED) is 0.383. The van der Waals surface area contributed by atoms with Gasteiger partial charge in [-0.05, 0) is 49.2 Å². The molecule has 1 fully saturated rings. The van der Waals surface area contributed by atoms with Gasteiger partial charge < -0.3 is 4.90 Å². The van der Waals surface area contributed by atoms with E-state index < -0.39 is 0 Å². The SMILES string of the molecule is CC(C)c1nc2c(s1)Cc1ccccc1N=C2N1CCN(C)C(CCc2ccc(F)cc2)C1.Cl.Cl. The monoisotopic (exact) mass is 534 g/mol. The normalized spacial score (nSPS) is 17.6. The standard InChI is InChI=1S/C27H31FN4S.2ClH/c1-18(2)27-30-25-24(33-27)16-20-6-4-5-7-23(20)29-26(25)32-15-14-31(3)22(17-32)13-10-19-8-11-21(28)12-9-19;;/h4-9,11-12,18,22H,10,13-17H2,1-3H3;2*1H. The fourth-order valence-corrected chi connectivity index (χ4v) is 5.76. The molecule has 8 heteroatoms. The molecule has 1 unspecified atom stereocenters. The van der Waals surface area contributed by atoms with Crippen LogP contribution in [0.25, 0.3) is 0 Å². The molecule has 0 aliphatic carbocycles. The Bertz CT molecular complexity index is 1160. The number of hydrogen-bond donors (Lipinski definition) is 0. The van der Waals surface area contributed by atoms with Crippen molar-refractivity contribution in [3.63, 3.8) is 0 Å². The van der Waals surface area contributed by atoms with Crippen LogP contribution in [0.4, 0.5) is 10.1 Å². The summed E-state index contributed by atoms with van der Waals surface area (Å²) < 4.78 is 13.3. The van der Waals surface area contributed by atoms with Crippen molar-refractivity contribution in [3.05, 3.63) is 81.1 Å². The number of thiazole rings is 1. The Labute approximate surface area is 224 Å². The molecule has 0 radical (unpaired) electrons. The summed E-state index contributed by atoms with van der Waals surface area (Å²) in [6.45, 7) is 7.28. The number of halogens is 3. The summed E-state index contributed by atoms with van der Waals surface area (Å²) in [6.07, 6.45) is 2.87. The molecule has 3 heterocycles. The van der Waals surface area contributed by atoms with E-state index in [1.54, 1.807) is 12.1 Å². The van der Waals surface area contributed by atoms with Gasteiger partial charge in [0.2, 0.25) is 0 Å². The zero-order valence-corrected chi connectivity index (χ0v) is 22.9. The maximum atomic E-state index is 13.3. The highest BCUT2D eigenvalue weighted by Crippen LogP contribution is 2.35. The maximum absolute atomic E-state index is 13.3. The van der Waals surface area contributed by atoms with Crippen LogP contribution in [0.15, 0.2) is 53.5 Å². The molecule has 188 valence electrons. The first-order chi connectivity index (χ1) is 16.0. The molecule has 5 rings (SSSR count). The molecule has 1 aromatic heterocycles. The minimum Gasteiger partial charge on any atom is -0.352 e. The number of nitrogens with zero attached hydrogens (tertiary/aromatic N) is 4. The first kappa shape index (κ1) is 27.6. The number of aliphatic imine (C=N–C) groups is 1. The molecule has 0 N–H and O–H groups in total. The average Bonchev–Trinajstić information content (AvgIpc) is 3.16. The average molecular weight is 536 g/mol. The molecule has 0 saturated carbocycles. The second-order valence-electron chi connectivity index (χ2n) is 9.47. The Kier molecular flexibility index (Phi) is 9.33. The zero-order chi connectivity index (χ0) is 22.9. The molecule has 3 aromatic rings. The van der Waals surface area contributed by atoms with Crippen LogP contribution in [-0.2, 0) is 12.8 Å². The first-order valence-corrected chi connectivity index (χ1v) is 12.7. The van der Waals surface area contributed by atoms with E-state index in [1.807, 2.05) is 23.5 Å². The summed E-state index contributed by atoms with van der Waals surface area (Å²) in [5.74, 6) is 1.26. The van der Waals surface area contributed by atoms with E-state index in [-0.39, 0.29) is 30.6 Å². The molecule has 2 aliphatic rings. The van der Waals surface area contributed by atoms with Gasteiger partial charge in [0.25, 0.3) is 0 Å². The number of fused-ring (bicyclic) bond motifs is 2. The third-order valence-corrected chi connectivity index (χ3v) is 8.10. The van der Waals surface area contributed by atoms with Gasteiger partial charge in [-0.25, -0.2) is 14.4 Å². The van der Waals surface area contributed by atoms with E-state index in [4.69, 9.17) is 9.98 Å². The molecule has 0 amide bonds. The maximum Gasteiger partial charge on any atom is 0.156 e. The third-order valence-electron chi connectivity index (χ3n) is 6.74. The van der Waals surface area contributed by atoms with Crippen molar-refractivity contribution in [2.75, 3.05) is 26.7 Å².